The maximum Gasteiger partial charge on any atom is 0.232 e. The third-order valence-corrected chi connectivity index (χ3v) is 4.76. The Morgan fingerprint density at radius 3 is 2.59 bits per heavy atom. The third kappa shape index (κ3) is 4.76. The number of halogens is 2. The second kappa shape index (κ2) is 7.17. The second-order valence-electron chi connectivity index (χ2n) is 4.60. The molecule has 5 nitrogen and oxygen atoms in total. The van der Waals surface area contributed by atoms with E-state index in [-0.39, 0.29) is 5.75 Å². The monoisotopic (exact) mass is 359 g/mol. The van der Waals surface area contributed by atoms with E-state index in [0.29, 0.717) is 33.7 Å². The molecule has 22 heavy (non-hydrogen) atoms. The number of anilines is 3. The highest BCUT2D eigenvalue weighted by Gasteiger charge is 2.09. The molecule has 0 spiro atoms. The molecule has 0 saturated heterocycles. The van der Waals surface area contributed by atoms with Gasteiger partial charge in [0.1, 0.15) is 5.82 Å². The third-order valence-electron chi connectivity index (χ3n) is 2.70. The lowest BCUT2D eigenvalue weighted by atomic mass is 10.3. The number of nitrogens with one attached hydrogen (secondary N) is 2. The number of nitrogens with zero attached hydrogens (tertiary/aromatic N) is 1. The molecule has 118 valence electrons. The number of benzene rings is 1. The number of sulfonamides is 1. The molecule has 0 bridgehead atoms. The van der Waals surface area contributed by atoms with Crippen molar-refractivity contribution in [2.75, 3.05) is 15.8 Å². The van der Waals surface area contributed by atoms with Gasteiger partial charge < -0.3 is 5.32 Å². The zero-order valence-electron chi connectivity index (χ0n) is 11.8. The molecule has 2 rings (SSSR count). The minimum atomic E-state index is -3.32. The van der Waals surface area contributed by atoms with E-state index in [1.54, 1.807) is 37.3 Å². The molecule has 0 fully saturated rings. The molecule has 1 aromatic carbocycles. The first-order valence-corrected chi connectivity index (χ1v) is 8.99. The highest BCUT2D eigenvalue weighted by molar-refractivity contribution is 7.92. The van der Waals surface area contributed by atoms with Gasteiger partial charge in [-0.15, -0.1) is 0 Å². The van der Waals surface area contributed by atoms with Crippen molar-refractivity contribution in [3.63, 3.8) is 0 Å². The first-order chi connectivity index (χ1) is 10.4. The summed E-state index contributed by atoms with van der Waals surface area (Å²) in [5, 5.41) is 4.09. The zero-order valence-corrected chi connectivity index (χ0v) is 14.1. The van der Waals surface area contributed by atoms with Crippen molar-refractivity contribution < 1.29 is 8.42 Å². The van der Waals surface area contributed by atoms with Crippen LogP contribution in [0.2, 0.25) is 10.0 Å². The Morgan fingerprint density at radius 1 is 1.18 bits per heavy atom. The van der Waals surface area contributed by atoms with Crippen molar-refractivity contribution in [3.8, 4) is 0 Å². The Morgan fingerprint density at radius 2 is 1.95 bits per heavy atom. The molecular weight excluding hydrogens is 345 g/mol. The van der Waals surface area contributed by atoms with Crippen molar-refractivity contribution in [3.05, 3.63) is 46.6 Å². The van der Waals surface area contributed by atoms with Crippen LogP contribution in [-0.2, 0) is 10.0 Å². The van der Waals surface area contributed by atoms with Crippen LogP contribution in [0, 0.1) is 0 Å². The van der Waals surface area contributed by atoms with E-state index >= 15 is 0 Å². The van der Waals surface area contributed by atoms with Crippen molar-refractivity contribution in [2.45, 2.75) is 13.3 Å². The van der Waals surface area contributed by atoms with Gasteiger partial charge in [0.05, 0.1) is 28.3 Å². The van der Waals surface area contributed by atoms with Crippen LogP contribution in [0.3, 0.4) is 0 Å². The fourth-order valence-electron chi connectivity index (χ4n) is 1.76. The lowest BCUT2D eigenvalue weighted by Crippen LogP contribution is -2.16. The maximum atomic E-state index is 11.7. The van der Waals surface area contributed by atoms with Crippen molar-refractivity contribution in [2.24, 2.45) is 0 Å². The molecule has 0 unspecified atom stereocenters. The molecule has 0 aliphatic heterocycles. The normalized spacial score (nSPS) is 11.2. The van der Waals surface area contributed by atoms with Gasteiger partial charge in [-0.1, -0.05) is 30.1 Å². The number of hydrogen-bond donors (Lipinski definition) is 2. The van der Waals surface area contributed by atoms with Crippen LogP contribution in [0.25, 0.3) is 0 Å². The van der Waals surface area contributed by atoms with Crippen molar-refractivity contribution >= 4 is 50.4 Å². The SMILES string of the molecule is CCCS(=O)(=O)Nc1ccc(Nc2cc(Cl)ccc2Cl)nc1. The predicted molar refractivity (Wildman–Crippen MR) is 91.7 cm³/mol. The Bertz CT molecular complexity index is 749. The van der Waals surface area contributed by atoms with E-state index < -0.39 is 10.0 Å². The van der Waals surface area contributed by atoms with Gasteiger partial charge in [-0.25, -0.2) is 13.4 Å². The van der Waals surface area contributed by atoms with Gasteiger partial charge in [0.25, 0.3) is 0 Å². The summed E-state index contributed by atoms with van der Waals surface area (Å²) in [6.45, 7) is 1.80. The van der Waals surface area contributed by atoms with E-state index in [9.17, 15) is 8.42 Å². The lowest BCUT2D eigenvalue weighted by molar-refractivity contribution is 0.600. The Hall–Kier alpha value is -1.50. The fraction of sp³-hybridized carbons (Fsp3) is 0.214. The Balaban J connectivity index is 2.11. The fourth-order valence-corrected chi connectivity index (χ4v) is 3.22. The highest BCUT2D eigenvalue weighted by Crippen LogP contribution is 2.28. The number of rotatable bonds is 6. The van der Waals surface area contributed by atoms with Crippen LogP contribution in [0.5, 0.6) is 0 Å². The summed E-state index contributed by atoms with van der Waals surface area (Å²) in [7, 11) is -3.32. The quantitative estimate of drug-likeness (QED) is 0.807. The molecule has 2 N–H and O–H groups in total. The Labute approximate surface area is 139 Å². The van der Waals surface area contributed by atoms with Crippen LogP contribution < -0.4 is 10.0 Å². The number of pyridine rings is 1. The molecule has 0 aliphatic carbocycles. The van der Waals surface area contributed by atoms with Gasteiger partial charge in [-0.05, 0) is 36.8 Å². The van der Waals surface area contributed by atoms with E-state index in [1.807, 2.05) is 0 Å². The molecule has 0 radical (unpaired) electrons. The van der Waals surface area contributed by atoms with Gasteiger partial charge in [-0.3, -0.25) is 4.72 Å². The van der Waals surface area contributed by atoms with Gasteiger partial charge >= 0.3 is 0 Å². The minimum absolute atomic E-state index is 0.0745. The second-order valence-corrected chi connectivity index (χ2v) is 7.29. The van der Waals surface area contributed by atoms with E-state index in [1.165, 1.54) is 6.20 Å². The zero-order chi connectivity index (χ0) is 16.2. The molecule has 1 aromatic heterocycles. The number of aromatic nitrogens is 1. The molecule has 0 amide bonds. The van der Waals surface area contributed by atoms with Crippen molar-refractivity contribution in [1.29, 1.82) is 0 Å². The van der Waals surface area contributed by atoms with Gasteiger partial charge in [0, 0.05) is 5.02 Å². The molecule has 0 atom stereocenters. The van der Waals surface area contributed by atoms with E-state index in [0.717, 1.165) is 0 Å². The average molecular weight is 360 g/mol. The standard InChI is InChI=1S/C14H15Cl2N3O2S/c1-2-7-22(20,21)19-11-4-6-14(17-9-11)18-13-8-10(15)3-5-12(13)16/h3-6,8-9,19H,2,7H2,1H3,(H,17,18). The molecule has 1 heterocycles. The van der Waals surface area contributed by atoms with Crippen LogP contribution in [-0.4, -0.2) is 19.2 Å². The van der Waals surface area contributed by atoms with E-state index in [4.69, 9.17) is 23.2 Å². The summed E-state index contributed by atoms with van der Waals surface area (Å²) in [5.74, 6) is 0.605. The summed E-state index contributed by atoms with van der Waals surface area (Å²) in [4.78, 5) is 4.15. The Kier molecular flexibility index (Phi) is 5.50. The first-order valence-electron chi connectivity index (χ1n) is 6.58. The van der Waals surface area contributed by atoms with Crippen LogP contribution >= 0.6 is 23.2 Å². The van der Waals surface area contributed by atoms with Crippen LogP contribution in [0.15, 0.2) is 36.5 Å². The average Bonchev–Trinajstić information content (AvgIpc) is 2.44. The van der Waals surface area contributed by atoms with Gasteiger partial charge in [-0.2, -0.15) is 0 Å². The van der Waals surface area contributed by atoms with Crippen LogP contribution in [0.4, 0.5) is 17.2 Å². The summed E-state index contributed by atoms with van der Waals surface area (Å²) >= 11 is 12.0. The molecule has 8 heteroatoms. The summed E-state index contributed by atoms with van der Waals surface area (Å²) < 4.78 is 25.8. The lowest BCUT2D eigenvalue weighted by Gasteiger charge is -2.10. The first kappa shape index (κ1) is 16.9. The minimum Gasteiger partial charge on any atom is -0.339 e. The largest absolute Gasteiger partial charge is 0.339 e. The summed E-state index contributed by atoms with van der Waals surface area (Å²) in [6, 6.07) is 8.33. The summed E-state index contributed by atoms with van der Waals surface area (Å²) in [6.07, 6.45) is 1.99. The van der Waals surface area contributed by atoms with E-state index in [2.05, 4.69) is 15.0 Å². The highest BCUT2D eigenvalue weighted by atomic mass is 35.5. The van der Waals surface area contributed by atoms with Gasteiger partial charge in [0.2, 0.25) is 10.0 Å². The van der Waals surface area contributed by atoms with Crippen LogP contribution in [0.1, 0.15) is 13.3 Å². The smallest absolute Gasteiger partial charge is 0.232 e. The molecular formula is C14H15Cl2N3O2S. The number of hydrogen-bond acceptors (Lipinski definition) is 4. The molecule has 0 saturated carbocycles. The van der Waals surface area contributed by atoms with Crippen molar-refractivity contribution in [1.82, 2.24) is 4.98 Å². The van der Waals surface area contributed by atoms with Gasteiger partial charge in [0.15, 0.2) is 0 Å². The molecule has 0 aliphatic rings. The summed E-state index contributed by atoms with van der Waals surface area (Å²) in [5.41, 5.74) is 1.04. The maximum absolute atomic E-state index is 11.7. The topological polar surface area (TPSA) is 71.1 Å². The predicted octanol–water partition coefficient (Wildman–Crippen LogP) is 4.28. The molecule has 2 aromatic rings.